The van der Waals surface area contributed by atoms with Gasteiger partial charge in [-0.3, -0.25) is 10.4 Å². The van der Waals surface area contributed by atoms with Crippen molar-refractivity contribution in [1.29, 1.82) is 0 Å². The number of aromatic amines is 1. The summed E-state index contributed by atoms with van der Waals surface area (Å²) in [5, 5.41) is 12.6. The van der Waals surface area contributed by atoms with Crippen molar-refractivity contribution in [2.45, 2.75) is 33.2 Å². The van der Waals surface area contributed by atoms with Crippen LogP contribution in [0, 0.1) is 13.8 Å². The summed E-state index contributed by atoms with van der Waals surface area (Å²) < 4.78 is 5.19. The molecule has 2 amide bonds. The second-order valence-corrected chi connectivity index (χ2v) is 5.25. The van der Waals surface area contributed by atoms with Crippen LogP contribution in [0.15, 0.2) is 18.2 Å². The summed E-state index contributed by atoms with van der Waals surface area (Å²) in [6.07, 6.45) is 0.649. The molecule has 0 saturated carbocycles. The van der Waals surface area contributed by atoms with Crippen LogP contribution in [-0.4, -0.2) is 34.4 Å². The van der Waals surface area contributed by atoms with Gasteiger partial charge in [-0.2, -0.15) is 5.10 Å². The molecular formula is C15H21N5O2. The van der Waals surface area contributed by atoms with Gasteiger partial charge in [0.1, 0.15) is 0 Å². The zero-order valence-corrected chi connectivity index (χ0v) is 13.2. The molecule has 0 unspecified atom stereocenters. The molecule has 0 bridgehead atoms. The van der Waals surface area contributed by atoms with Gasteiger partial charge < -0.3 is 10.1 Å². The number of carbonyl (C=O) groups is 1. The number of urea groups is 1. The monoisotopic (exact) mass is 303 g/mol. The predicted molar refractivity (Wildman–Crippen MR) is 84.2 cm³/mol. The van der Waals surface area contributed by atoms with Crippen molar-refractivity contribution in [3.63, 3.8) is 0 Å². The third-order valence-electron chi connectivity index (χ3n) is 3.10. The fourth-order valence-electron chi connectivity index (χ4n) is 2.11. The molecular weight excluding hydrogens is 282 g/mol. The average molecular weight is 303 g/mol. The number of aryl methyl sites for hydroxylation is 2. The summed E-state index contributed by atoms with van der Waals surface area (Å²) in [6, 6.07) is 5.18. The number of hydrogen-bond donors (Lipinski definition) is 3. The number of hydrogen-bond acceptors (Lipinski definition) is 4. The summed E-state index contributed by atoms with van der Waals surface area (Å²) >= 11 is 0. The maximum atomic E-state index is 12.1. The van der Waals surface area contributed by atoms with E-state index in [4.69, 9.17) is 4.74 Å². The molecule has 2 rings (SSSR count). The standard InChI is InChI=1S/C15H21N5O2/c1-9-5-6-13(22-4)14(16-9)18-15(21)17-10(2)7-12-8-11(3)19-20-12/h5-6,8,10H,7H2,1-4H3,(H,19,20)(H2,16,17,18,21)/t10-/m0/s1. The Balaban J connectivity index is 1.93. The molecule has 0 fully saturated rings. The molecule has 0 aliphatic carbocycles. The van der Waals surface area contributed by atoms with Gasteiger partial charge in [-0.1, -0.05) is 0 Å². The van der Waals surface area contributed by atoms with E-state index in [1.165, 1.54) is 7.11 Å². The molecule has 22 heavy (non-hydrogen) atoms. The summed E-state index contributed by atoms with van der Waals surface area (Å²) in [5.74, 6) is 0.930. The lowest BCUT2D eigenvalue weighted by molar-refractivity contribution is 0.249. The van der Waals surface area contributed by atoms with E-state index in [0.717, 1.165) is 17.1 Å². The summed E-state index contributed by atoms with van der Waals surface area (Å²) in [5.41, 5.74) is 2.72. The highest BCUT2D eigenvalue weighted by molar-refractivity contribution is 5.89. The highest BCUT2D eigenvalue weighted by Gasteiger charge is 2.13. The Kier molecular flexibility index (Phi) is 4.98. The van der Waals surface area contributed by atoms with Gasteiger partial charge in [0.05, 0.1) is 12.8 Å². The van der Waals surface area contributed by atoms with Crippen LogP contribution in [0.1, 0.15) is 24.0 Å². The number of ether oxygens (including phenoxy) is 1. The summed E-state index contributed by atoms with van der Waals surface area (Å²) in [4.78, 5) is 16.3. The minimum absolute atomic E-state index is 0.0569. The molecule has 3 N–H and O–H groups in total. The number of amides is 2. The number of carbonyl (C=O) groups excluding carboxylic acids is 1. The maximum Gasteiger partial charge on any atom is 0.320 e. The SMILES string of the molecule is COc1ccc(C)nc1NC(=O)N[C@@H](C)Cc1cc(C)[nH]n1. The van der Waals surface area contributed by atoms with E-state index >= 15 is 0 Å². The zero-order chi connectivity index (χ0) is 16.1. The van der Waals surface area contributed by atoms with E-state index in [1.54, 1.807) is 6.07 Å². The number of anilines is 1. The molecule has 118 valence electrons. The van der Waals surface area contributed by atoms with Gasteiger partial charge in [-0.15, -0.1) is 0 Å². The number of nitrogens with zero attached hydrogens (tertiary/aromatic N) is 2. The minimum atomic E-state index is -0.323. The Morgan fingerprint density at radius 2 is 2.18 bits per heavy atom. The molecule has 0 aromatic carbocycles. The van der Waals surface area contributed by atoms with E-state index in [1.807, 2.05) is 32.9 Å². The predicted octanol–water partition coefficient (Wildman–Crippen LogP) is 2.18. The first kappa shape index (κ1) is 15.8. The van der Waals surface area contributed by atoms with Gasteiger partial charge in [0.2, 0.25) is 0 Å². The van der Waals surface area contributed by atoms with E-state index in [-0.39, 0.29) is 12.1 Å². The molecule has 7 heteroatoms. The lowest BCUT2D eigenvalue weighted by Gasteiger charge is -2.14. The van der Waals surface area contributed by atoms with Gasteiger partial charge >= 0.3 is 6.03 Å². The van der Waals surface area contributed by atoms with E-state index in [2.05, 4.69) is 25.8 Å². The topological polar surface area (TPSA) is 91.9 Å². The van der Waals surface area contributed by atoms with Gasteiger partial charge in [0.25, 0.3) is 0 Å². The summed E-state index contributed by atoms with van der Waals surface area (Å²) in [7, 11) is 1.54. The molecule has 1 atom stereocenters. The average Bonchev–Trinajstić information content (AvgIpc) is 2.83. The smallest absolute Gasteiger partial charge is 0.320 e. The highest BCUT2D eigenvalue weighted by Crippen LogP contribution is 2.21. The summed E-state index contributed by atoms with van der Waals surface area (Å²) in [6.45, 7) is 5.71. The number of H-pyrrole nitrogens is 1. The molecule has 2 aromatic heterocycles. The molecule has 7 nitrogen and oxygen atoms in total. The number of nitrogens with one attached hydrogen (secondary N) is 3. The third kappa shape index (κ3) is 4.21. The molecule has 2 aromatic rings. The Morgan fingerprint density at radius 3 is 2.82 bits per heavy atom. The highest BCUT2D eigenvalue weighted by atomic mass is 16.5. The van der Waals surface area contributed by atoms with Crippen LogP contribution in [0.4, 0.5) is 10.6 Å². The minimum Gasteiger partial charge on any atom is -0.493 e. The van der Waals surface area contributed by atoms with Crippen molar-refractivity contribution < 1.29 is 9.53 Å². The van der Waals surface area contributed by atoms with Gasteiger partial charge in [0.15, 0.2) is 11.6 Å². The second-order valence-electron chi connectivity index (χ2n) is 5.25. The first-order valence-electron chi connectivity index (χ1n) is 7.08. The Bertz CT molecular complexity index is 653. The van der Waals surface area contributed by atoms with Crippen LogP contribution in [0.2, 0.25) is 0 Å². The maximum absolute atomic E-state index is 12.1. The molecule has 0 saturated heterocycles. The van der Waals surface area contributed by atoms with Crippen molar-refractivity contribution in [1.82, 2.24) is 20.5 Å². The van der Waals surface area contributed by atoms with Gasteiger partial charge in [0, 0.05) is 23.9 Å². The van der Waals surface area contributed by atoms with Crippen molar-refractivity contribution in [2.75, 3.05) is 12.4 Å². The second kappa shape index (κ2) is 6.93. The molecule has 0 spiro atoms. The van der Waals surface area contributed by atoms with Crippen LogP contribution < -0.4 is 15.4 Å². The van der Waals surface area contributed by atoms with Crippen molar-refractivity contribution in [3.8, 4) is 5.75 Å². The lowest BCUT2D eigenvalue weighted by Crippen LogP contribution is -2.37. The Labute approximate surface area is 129 Å². The number of pyridine rings is 1. The largest absolute Gasteiger partial charge is 0.493 e. The van der Waals surface area contributed by atoms with Gasteiger partial charge in [-0.05, 0) is 39.0 Å². The van der Waals surface area contributed by atoms with E-state index < -0.39 is 0 Å². The lowest BCUT2D eigenvalue weighted by atomic mass is 10.2. The normalized spacial score (nSPS) is 11.8. The van der Waals surface area contributed by atoms with Crippen LogP contribution in [0.25, 0.3) is 0 Å². The fourth-order valence-corrected chi connectivity index (χ4v) is 2.11. The van der Waals surface area contributed by atoms with Crippen molar-refractivity contribution >= 4 is 11.8 Å². The molecule has 0 aliphatic rings. The quantitative estimate of drug-likeness (QED) is 0.789. The van der Waals surface area contributed by atoms with Crippen LogP contribution in [0.3, 0.4) is 0 Å². The number of methoxy groups -OCH3 is 1. The van der Waals surface area contributed by atoms with Crippen LogP contribution in [-0.2, 0) is 6.42 Å². The first-order chi connectivity index (χ1) is 10.5. The number of rotatable bonds is 5. The van der Waals surface area contributed by atoms with Crippen LogP contribution in [0.5, 0.6) is 5.75 Å². The Hall–Kier alpha value is -2.57. The fraction of sp³-hybridized carbons (Fsp3) is 0.400. The Morgan fingerprint density at radius 1 is 1.41 bits per heavy atom. The number of aromatic nitrogens is 3. The molecule has 2 heterocycles. The molecule has 0 aliphatic heterocycles. The van der Waals surface area contributed by atoms with Crippen molar-refractivity contribution in [3.05, 3.63) is 35.3 Å². The van der Waals surface area contributed by atoms with E-state index in [9.17, 15) is 4.79 Å². The first-order valence-corrected chi connectivity index (χ1v) is 7.08. The third-order valence-corrected chi connectivity index (χ3v) is 3.10. The van der Waals surface area contributed by atoms with Crippen molar-refractivity contribution in [2.24, 2.45) is 0 Å². The van der Waals surface area contributed by atoms with Gasteiger partial charge in [-0.25, -0.2) is 9.78 Å². The zero-order valence-electron chi connectivity index (χ0n) is 13.2. The van der Waals surface area contributed by atoms with E-state index in [0.29, 0.717) is 18.0 Å². The van der Waals surface area contributed by atoms with Crippen LogP contribution >= 0.6 is 0 Å². The molecule has 0 radical (unpaired) electrons.